The molecule has 0 saturated carbocycles. The molecule has 5 heteroatoms. The van der Waals surface area contributed by atoms with Gasteiger partial charge >= 0.3 is 0 Å². The number of methoxy groups -OCH3 is 1. The monoisotopic (exact) mass is 305 g/mol. The van der Waals surface area contributed by atoms with Crippen LogP contribution in [0, 0.1) is 0 Å². The third-order valence-corrected chi connectivity index (χ3v) is 4.51. The van der Waals surface area contributed by atoms with Crippen LogP contribution in [0.15, 0.2) is 30.3 Å². The second-order valence-electron chi connectivity index (χ2n) is 5.93. The molecule has 0 atom stereocenters. The Kier molecular flexibility index (Phi) is 5.80. The molecule has 1 aromatic rings. The van der Waals surface area contributed by atoms with Gasteiger partial charge in [0.2, 0.25) is 0 Å². The van der Waals surface area contributed by atoms with E-state index in [2.05, 4.69) is 22.3 Å². The first-order chi connectivity index (χ1) is 10.6. The molecule has 1 heterocycles. The molecule has 0 unspecified atom stereocenters. The molecule has 1 aliphatic heterocycles. The number of carbonyl (C=O) groups is 1. The topological polar surface area (TPSA) is 44.8 Å². The predicted molar refractivity (Wildman–Crippen MR) is 89.2 cm³/mol. The van der Waals surface area contributed by atoms with Crippen molar-refractivity contribution in [1.29, 1.82) is 0 Å². The smallest absolute Gasteiger partial charge is 0.254 e. The summed E-state index contributed by atoms with van der Waals surface area (Å²) in [6.07, 6.45) is 1.47. The predicted octanol–water partition coefficient (Wildman–Crippen LogP) is 1.35. The molecule has 0 spiro atoms. The zero-order chi connectivity index (χ0) is 16.0. The lowest BCUT2D eigenvalue weighted by atomic mass is 9.90. The zero-order valence-electron chi connectivity index (χ0n) is 13.8. The van der Waals surface area contributed by atoms with Crippen LogP contribution in [0.25, 0.3) is 0 Å². The number of hydrogen-bond donors (Lipinski definition) is 1. The summed E-state index contributed by atoms with van der Waals surface area (Å²) in [6.45, 7) is 3.14. The number of benzene rings is 1. The second-order valence-corrected chi connectivity index (χ2v) is 5.93. The summed E-state index contributed by atoms with van der Waals surface area (Å²) >= 11 is 0. The van der Waals surface area contributed by atoms with Crippen molar-refractivity contribution in [3.05, 3.63) is 30.3 Å². The van der Waals surface area contributed by atoms with Crippen LogP contribution in [0.3, 0.4) is 0 Å². The lowest BCUT2D eigenvalue weighted by Crippen LogP contribution is -2.55. The highest BCUT2D eigenvalue weighted by atomic mass is 16.5. The van der Waals surface area contributed by atoms with Crippen molar-refractivity contribution in [1.82, 2.24) is 10.2 Å². The fourth-order valence-corrected chi connectivity index (χ4v) is 2.90. The van der Waals surface area contributed by atoms with Crippen LogP contribution >= 0.6 is 0 Å². The summed E-state index contributed by atoms with van der Waals surface area (Å²) in [4.78, 5) is 16.7. The molecule has 0 radical (unpaired) electrons. The van der Waals surface area contributed by atoms with E-state index >= 15 is 0 Å². The van der Waals surface area contributed by atoms with Crippen LogP contribution in [-0.2, 0) is 9.53 Å². The van der Waals surface area contributed by atoms with E-state index in [1.54, 1.807) is 12.0 Å². The molecular formula is C17H27N3O2. The minimum Gasteiger partial charge on any atom is -0.373 e. The van der Waals surface area contributed by atoms with Gasteiger partial charge in [-0.05, 0) is 38.1 Å². The molecule has 0 bridgehead atoms. The van der Waals surface area contributed by atoms with Crippen molar-refractivity contribution in [3.63, 3.8) is 0 Å². The van der Waals surface area contributed by atoms with Gasteiger partial charge in [0.1, 0.15) is 5.60 Å². The second kappa shape index (κ2) is 7.61. The third kappa shape index (κ3) is 3.78. The molecule has 1 saturated heterocycles. The highest BCUT2D eigenvalue weighted by Gasteiger charge is 2.41. The number of anilines is 1. The summed E-state index contributed by atoms with van der Waals surface area (Å²) in [7, 11) is 5.56. The summed E-state index contributed by atoms with van der Waals surface area (Å²) in [6, 6.07) is 10.2. The number of rotatable bonds is 6. The van der Waals surface area contributed by atoms with Crippen molar-refractivity contribution in [2.45, 2.75) is 18.4 Å². The standard InChI is InChI=1S/C17H27N3O2/c1-19(15-7-5-4-6-8-15)13-14-20(2)16(21)17(22-3)9-11-18-12-10-17/h4-8,18H,9-14H2,1-3H3. The molecule has 22 heavy (non-hydrogen) atoms. The summed E-state index contributed by atoms with van der Waals surface area (Å²) in [5.74, 6) is 0.0953. The number of amides is 1. The fraction of sp³-hybridized carbons (Fsp3) is 0.588. The maximum Gasteiger partial charge on any atom is 0.254 e. The Bertz CT molecular complexity index is 472. The van der Waals surface area contributed by atoms with E-state index in [4.69, 9.17) is 4.74 Å². The van der Waals surface area contributed by atoms with E-state index in [-0.39, 0.29) is 5.91 Å². The summed E-state index contributed by atoms with van der Waals surface area (Å²) in [5.41, 5.74) is 0.511. The van der Waals surface area contributed by atoms with Gasteiger partial charge < -0.3 is 19.9 Å². The van der Waals surface area contributed by atoms with Gasteiger partial charge in [-0.15, -0.1) is 0 Å². The van der Waals surface area contributed by atoms with Gasteiger partial charge in [-0.3, -0.25) is 4.79 Å². The van der Waals surface area contributed by atoms with Crippen LogP contribution in [0.2, 0.25) is 0 Å². The number of carbonyl (C=O) groups excluding carboxylic acids is 1. The number of nitrogens with zero attached hydrogens (tertiary/aromatic N) is 2. The Morgan fingerprint density at radius 2 is 1.82 bits per heavy atom. The number of nitrogens with one attached hydrogen (secondary N) is 1. The van der Waals surface area contributed by atoms with Crippen molar-refractivity contribution >= 4 is 11.6 Å². The molecule has 1 aliphatic rings. The first-order valence-electron chi connectivity index (χ1n) is 7.87. The summed E-state index contributed by atoms with van der Waals surface area (Å²) < 4.78 is 5.61. The van der Waals surface area contributed by atoms with Crippen molar-refractivity contribution in [3.8, 4) is 0 Å². The molecule has 1 fully saturated rings. The lowest BCUT2D eigenvalue weighted by molar-refractivity contribution is -0.156. The highest BCUT2D eigenvalue weighted by molar-refractivity contribution is 5.85. The molecule has 2 rings (SSSR count). The van der Waals surface area contributed by atoms with E-state index in [9.17, 15) is 4.79 Å². The Balaban J connectivity index is 1.91. The van der Waals surface area contributed by atoms with Crippen molar-refractivity contribution < 1.29 is 9.53 Å². The molecule has 5 nitrogen and oxygen atoms in total. The number of piperidine rings is 1. The third-order valence-electron chi connectivity index (χ3n) is 4.51. The van der Waals surface area contributed by atoms with Gasteiger partial charge in [-0.2, -0.15) is 0 Å². The molecule has 0 aliphatic carbocycles. The number of para-hydroxylation sites is 1. The van der Waals surface area contributed by atoms with Gasteiger partial charge in [0.15, 0.2) is 0 Å². The zero-order valence-corrected chi connectivity index (χ0v) is 13.8. The van der Waals surface area contributed by atoms with Crippen molar-refractivity contribution in [2.75, 3.05) is 52.3 Å². The normalized spacial score (nSPS) is 17.0. The fourth-order valence-electron chi connectivity index (χ4n) is 2.90. The number of hydrogen-bond acceptors (Lipinski definition) is 4. The molecule has 0 aromatic heterocycles. The first-order valence-corrected chi connectivity index (χ1v) is 7.87. The van der Waals surface area contributed by atoms with E-state index in [1.165, 1.54) is 0 Å². The SMILES string of the molecule is COC1(C(=O)N(C)CCN(C)c2ccccc2)CCNCC1. The van der Waals surface area contributed by atoms with Gasteiger partial charge in [0.25, 0.3) is 5.91 Å². The largest absolute Gasteiger partial charge is 0.373 e. The average molecular weight is 305 g/mol. The summed E-state index contributed by atoms with van der Waals surface area (Å²) in [5, 5.41) is 3.28. The van der Waals surface area contributed by atoms with E-state index in [0.717, 1.165) is 38.2 Å². The quantitative estimate of drug-likeness (QED) is 0.862. The maximum absolute atomic E-state index is 12.8. The average Bonchev–Trinajstić information content (AvgIpc) is 2.60. The van der Waals surface area contributed by atoms with Crippen LogP contribution < -0.4 is 10.2 Å². The molecular weight excluding hydrogens is 278 g/mol. The number of ether oxygens (including phenoxy) is 1. The van der Waals surface area contributed by atoms with Crippen LogP contribution in [0.4, 0.5) is 5.69 Å². The Morgan fingerprint density at radius 3 is 2.41 bits per heavy atom. The van der Waals surface area contributed by atoms with Crippen LogP contribution in [0.5, 0.6) is 0 Å². The van der Waals surface area contributed by atoms with E-state index in [0.29, 0.717) is 6.54 Å². The number of likely N-dealkylation sites (N-methyl/N-ethyl adjacent to an activating group) is 2. The lowest BCUT2D eigenvalue weighted by Gasteiger charge is -2.38. The maximum atomic E-state index is 12.8. The molecule has 1 N–H and O–H groups in total. The van der Waals surface area contributed by atoms with E-state index in [1.807, 2.05) is 32.3 Å². The minimum absolute atomic E-state index is 0.0953. The van der Waals surface area contributed by atoms with Crippen LogP contribution in [-0.4, -0.2) is 63.8 Å². The van der Waals surface area contributed by atoms with E-state index < -0.39 is 5.60 Å². The minimum atomic E-state index is -0.648. The van der Waals surface area contributed by atoms with Crippen LogP contribution in [0.1, 0.15) is 12.8 Å². The first kappa shape index (κ1) is 16.8. The van der Waals surface area contributed by atoms with Crippen molar-refractivity contribution in [2.24, 2.45) is 0 Å². The molecule has 122 valence electrons. The van der Waals surface area contributed by atoms with Gasteiger partial charge in [-0.1, -0.05) is 18.2 Å². The molecule has 1 amide bonds. The van der Waals surface area contributed by atoms with Gasteiger partial charge in [0, 0.05) is 40.0 Å². The highest BCUT2D eigenvalue weighted by Crippen LogP contribution is 2.24. The van der Waals surface area contributed by atoms with Gasteiger partial charge in [-0.25, -0.2) is 0 Å². The Hall–Kier alpha value is -1.59. The molecule has 1 aromatic carbocycles. The Morgan fingerprint density at radius 1 is 1.18 bits per heavy atom. The van der Waals surface area contributed by atoms with Gasteiger partial charge in [0.05, 0.1) is 0 Å². The Labute approximate surface area is 133 Å².